The Morgan fingerprint density at radius 3 is 2.71 bits per heavy atom. The van der Waals surface area contributed by atoms with Crippen LogP contribution in [-0.2, 0) is 11.2 Å². The molecule has 0 aromatic heterocycles. The summed E-state index contributed by atoms with van der Waals surface area (Å²) in [5.74, 6) is -1.77. The molecular weight excluding hydrogens is 243 g/mol. The number of hydrogen-bond donors (Lipinski definition) is 0. The first-order valence-corrected chi connectivity index (χ1v) is 5.38. The average Bonchev–Trinajstić information content (AvgIpc) is 2.28. The lowest BCUT2D eigenvalue weighted by atomic mass is 9.99. The van der Waals surface area contributed by atoms with Crippen LogP contribution in [0.3, 0.4) is 0 Å². The van der Waals surface area contributed by atoms with Gasteiger partial charge in [-0.25, -0.2) is 4.39 Å². The van der Waals surface area contributed by atoms with Crippen molar-refractivity contribution in [1.29, 1.82) is 5.26 Å². The number of halogens is 2. The zero-order valence-corrected chi connectivity index (χ0v) is 10.3. The fourth-order valence-electron chi connectivity index (χ4n) is 1.43. The predicted octanol–water partition coefficient (Wildman–Crippen LogP) is 2.25. The summed E-state index contributed by atoms with van der Waals surface area (Å²) in [6, 6.07) is 6.15. The van der Waals surface area contributed by atoms with Crippen LogP contribution in [0.5, 0.6) is 0 Å². The largest absolute Gasteiger partial charge is 0.348 e. The fourth-order valence-corrected chi connectivity index (χ4v) is 1.67. The van der Waals surface area contributed by atoms with Gasteiger partial charge in [0.05, 0.1) is 6.07 Å². The Morgan fingerprint density at radius 2 is 2.24 bits per heavy atom. The normalized spacial score (nSPS) is 11.7. The van der Waals surface area contributed by atoms with Crippen molar-refractivity contribution in [2.45, 2.75) is 6.42 Å². The molecule has 0 aliphatic rings. The molecule has 0 saturated carbocycles. The van der Waals surface area contributed by atoms with Crippen LogP contribution in [0.15, 0.2) is 18.2 Å². The third-order valence-corrected chi connectivity index (χ3v) is 2.72. The van der Waals surface area contributed by atoms with Crippen LogP contribution in [0.4, 0.5) is 4.39 Å². The summed E-state index contributed by atoms with van der Waals surface area (Å²) in [5.41, 5.74) is 0.205. The topological polar surface area (TPSA) is 44.1 Å². The molecule has 1 amide bonds. The number of amides is 1. The molecule has 0 fully saturated rings. The quantitative estimate of drug-likeness (QED) is 0.830. The summed E-state index contributed by atoms with van der Waals surface area (Å²) in [5, 5.41) is 9.16. The number of rotatable bonds is 3. The number of nitriles is 1. The van der Waals surface area contributed by atoms with Gasteiger partial charge in [-0.3, -0.25) is 4.79 Å². The molecule has 0 bridgehead atoms. The maximum absolute atomic E-state index is 13.5. The molecule has 5 heteroatoms. The Hall–Kier alpha value is -1.60. The summed E-state index contributed by atoms with van der Waals surface area (Å²) >= 11 is 5.84. The monoisotopic (exact) mass is 254 g/mol. The van der Waals surface area contributed by atoms with Gasteiger partial charge in [0, 0.05) is 31.1 Å². The van der Waals surface area contributed by atoms with Crippen molar-refractivity contribution in [3.63, 3.8) is 0 Å². The molecule has 1 aromatic carbocycles. The van der Waals surface area contributed by atoms with E-state index in [0.717, 1.165) is 0 Å². The van der Waals surface area contributed by atoms with Crippen LogP contribution in [0.2, 0.25) is 5.02 Å². The molecule has 90 valence electrons. The van der Waals surface area contributed by atoms with Gasteiger partial charge in [0.15, 0.2) is 0 Å². The van der Waals surface area contributed by atoms with E-state index in [4.69, 9.17) is 16.9 Å². The lowest BCUT2D eigenvalue weighted by Crippen LogP contribution is -2.30. The molecule has 0 aliphatic carbocycles. The van der Waals surface area contributed by atoms with E-state index in [1.807, 2.05) is 6.07 Å². The maximum Gasteiger partial charge on any atom is 0.239 e. The molecule has 17 heavy (non-hydrogen) atoms. The minimum Gasteiger partial charge on any atom is -0.348 e. The highest BCUT2D eigenvalue weighted by Gasteiger charge is 2.22. The summed E-state index contributed by atoms with van der Waals surface area (Å²) in [7, 11) is 3.10. The van der Waals surface area contributed by atoms with Crippen molar-refractivity contribution in [3.05, 3.63) is 34.6 Å². The smallest absolute Gasteiger partial charge is 0.239 e. The van der Waals surface area contributed by atoms with Gasteiger partial charge in [-0.1, -0.05) is 17.7 Å². The zero-order chi connectivity index (χ0) is 13.0. The molecule has 0 spiro atoms. The molecule has 0 heterocycles. The number of carbonyl (C=O) groups excluding carboxylic acids is 1. The SMILES string of the molecule is CN(C)C(=O)C(C#N)Cc1c(F)cccc1Cl. The second-order valence-corrected chi connectivity index (χ2v) is 4.23. The second kappa shape index (κ2) is 5.65. The van der Waals surface area contributed by atoms with Crippen molar-refractivity contribution in [1.82, 2.24) is 4.90 Å². The Morgan fingerprint density at radius 1 is 1.59 bits per heavy atom. The Bertz CT molecular complexity index is 448. The Balaban J connectivity index is 2.97. The highest BCUT2D eigenvalue weighted by Crippen LogP contribution is 2.22. The summed E-state index contributed by atoms with van der Waals surface area (Å²) in [4.78, 5) is 12.9. The molecule has 3 nitrogen and oxygen atoms in total. The van der Waals surface area contributed by atoms with Gasteiger partial charge < -0.3 is 4.90 Å². The second-order valence-electron chi connectivity index (χ2n) is 3.82. The average molecular weight is 255 g/mol. The van der Waals surface area contributed by atoms with E-state index in [9.17, 15) is 9.18 Å². The van der Waals surface area contributed by atoms with Gasteiger partial charge >= 0.3 is 0 Å². The van der Waals surface area contributed by atoms with Crippen molar-refractivity contribution in [2.75, 3.05) is 14.1 Å². The molecule has 0 saturated heterocycles. The number of carbonyl (C=O) groups is 1. The van der Waals surface area contributed by atoms with Gasteiger partial charge in [-0.05, 0) is 12.1 Å². The maximum atomic E-state index is 13.5. The molecule has 0 radical (unpaired) electrons. The summed E-state index contributed by atoms with van der Waals surface area (Å²) in [6.45, 7) is 0. The summed E-state index contributed by atoms with van der Waals surface area (Å²) in [6.07, 6.45) is -0.0149. The van der Waals surface area contributed by atoms with E-state index < -0.39 is 11.7 Å². The van der Waals surface area contributed by atoms with E-state index >= 15 is 0 Å². The first-order chi connectivity index (χ1) is 7.97. The third-order valence-electron chi connectivity index (χ3n) is 2.36. The van der Waals surface area contributed by atoms with Gasteiger partial charge in [-0.15, -0.1) is 0 Å². The first-order valence-electron chi connectivity index (χ1n) is 5.01. The standard InChI is InChI=1S/C12H12ClFN2O/c1-16(2)12(17)8(7-15)6-9-10(13)4-3-5-11(9)14/h3-5,8H,6H2,1-2H3. The first kappa shape index (κ1) is 13.5. The molecule has 0 aliphatic heterocycles. The number of nitrogens with zero attached hydrogens (tertiary/aromatic N) is 2. The van der Waals surface area contributed by atoms with Crippen LogP contribution in [0.1, 0.15) is 5.56 Å². The molecule has 1 aromatic rings. The molecule has 0 N–H and O–H groups in total. The minimum atomic E-state index is -0.917. The highest BCUT2D eigenvalue weighted by atomic mass is 35.5. The lowest BCUT2D eigenvalue weighted by Gasteiger charge is -2.15. The van der Waals surface area contributed by atoms with Crippen LogP contribution >= 0.6 is 11.6 Å². The van der Waals surface area contributed by atoms with Gasteiger partial charge in [-0.2, -0.15) is 5.26 Å². The van der Waals surface area contributed by atoms with Crippen molar-refractivity contribution in [2.24, 2.45) is 5.92 Å². The molecule has 1 rings (SSSR count). The number of benzene rings is 1. The van der Waals surface area contributed by atoms with Gasteiger partial charge in [0.1, 0.15) is 11.7 Å². The van der Waals surface area contributed by atoms with E-state index in [1.165, 1.54) is 23.1 Å². The summed E-state index contributed by atoms with van der Waals surface area (Å²) < 4.78 is 13.5. The fraction of sp³-hybridized carbons (Fsp3) is 0.333. The van der Waals surface area contributed by atoms with Crippen LogP contribution in [0, 0.1) is 23.1 Å². The zero-order valence-electron chi connectivity index (χ0n) is 9.58. The molecule has 1 atom stereocenters. The van der Waals surface area contributed by atoms with Gasteiger partial charge in [0.25, 0.3) is 0 Å². The van der Waals surface area contributed by atoms with Crippen LogP contribution in [-0.4, -0.2) is 24.9 Å². The van der Waals surface area contributed by atoms with Crippen molar-refractivity contribution in [3.8, 4) is 6.07 Å². The Labute approximate surface area is 104 Å². The van der Waals surface area contributed by atoms with Crippen molar-refractivity contribution >= 4 is 17.5 Å². The third kappa shape index (κ3) is 3.18. The Kier molecular flexibility index (Phi) is 4.47. The molecule has 1 unspecified atom stereocenters. The van der Waals surface area contributed by atoms with Gasteiger partial charge in [0.2, 0.25) is 5.91 Å². The minimum absolute atomic E-state index is 0.0149. The van der Waals surface area contributed by atoms with E-state index in [1.54, 1.807) is 14.1 Å². The van der Waals surface area contributed by atoms with Crippen molar-refractivity contribution < 1.29 is 9.18 Å². The van der Waals surface area contributed by atoms with Crippen LogP contribution in [0.25, 0.3) is 0 Å². The van der Waals surface area contributed by atoms with E-state index in [2.05, 4.69) is 0 Å². The highest BCUT2D eigenvalue weighted by molar-refractivity contribution is 6.31. The van der Waals surface area contributed by atoms with E-state index in [-0.39, 0.29) is 22.9 Å². The number of hydrogen-bond acceptors (Lipinski definition) is 2. The predicted molar refractivity (Wildman–Crippen MR) is 62.9 cm³/mol. The molecular formula is C12H12ClFN2O. The lowest BCUT2D eigenvalue weighted by molar-refractivity contribution is -0.131. The van der Waals surface area contributed by atoms with E-state index in [0.29, 0.717) is 0 Å². The van der Waals surface area contributed by atoms with Crippen LogP contribution < -0.4 is 0 Å².